The van der Waals surface area contributed by atoms with E-state index in [4.69, 9.17) is 11.5 Å². The minimum Gasteiger partial charge on any atom is -0.397 e. The van der Waals surface area contributed by atoms with Crippen molar-refractivity contribution in [2.24, 2.45) is 0 Å². The number of fused-ring (bicyclic) bond motifs is 2. The molecule has 0 saturated carbocycles. The molecule has 0 aliphatic carbocycles. The first-order valence-electron chi connectivity index (χ1n) is 7.42. The zero-order valence-corrected chi connectivity index (χ0v) is 14.0. The largest absolute Gasteiger partial charge is 0.397 e. The highest BCUT2D eigenvalue weighted by atomic mass is 79.9. The molecule has 0 radical (unpaired) electrons. The Morgan fingerprint density at radius 1 is 0.609 bits per heavy atom. The molecule has 0 bridgehead atoms. The van der Waals surface area contributed by atoms with Gasteiger partial charge in [0.15, 0.2) is 0 Å². The van der Waals surface area contributed by atoms with Crippen LogP contribution < -0.4 is 11.5 Å². The average molecular weight is 363 g/mol. The molecule has 112 valence electrons. The fraction of sp³-hybridized carbons (Fsp3) is 0. The first-order chi connectivity index (χ1) is 11.2. The molecule has 4 N–H and O–H groups in total. The Morgan fingerprint density at radius 3 is 2.00 bits per heavy atom. The van der Waals surface area contributed by atoms with E-state index in [2.05, 4.69) is 58.4 Å². The van der Waals surface area contributed by atoms with Gasteiger partial charge in [-0.25, -0.2) is 0 Å². The van der Waals surface area contributed by atoms with Gasteiger partial charge in [0, 0.05) is 5.56 Å². The summed E-state index contributed by atoms with van der Waals surface area (Å²) < 4.78 is 0.856. The van der Waals surface area contributed by atoms with Crippen LogP contribution in [-0.2, 0) is 0 Å². The maximum absolute atomic E-state index is 6.42. The fourth-order valence-corrected chi connectivity index (χ4v) is 3.73. The van der Waals surface area contributed by atoms with E-state index >= 15 is 0 Å². The highest BCUT2D eigenvalue weighted by Gasteiger charge is 2.16. The van der Waals surface area contributed by atoms with Crippen LogP contribution in [0.3, 0.4) is 0 Å². The molecule has 23 heavy (non-hydrogen) atoms. The Hall–Kier alpha value is -2.52. The summed E-state index contributed by atoms with van der Waals surface area (Å²) in [5, 5.41) is 4.54. The number of halogens is 1. The zero-order chi connectivity index (χ0) is 16.0. The second kappa shape index (κ2) is 5.28. The topological polar surface area (TPSA) is 52.0 Å². The lowest BCUT2D eigenvalue weighted by atomic mass is 9.92. The SMILES string of the molecule is Nc1c(N)c(-c2cccc3ccccc23)c2ccccc2c1Br. The van der Waals surface area contributed by atoms with E-state index in [1.807, 2.05) is 24.3 Å². The minimum absolute atomic E-state index is 0.589. The van der Waals surface area contributed by atoms with E-state index in [0.717, 1.165) is 26.4 Å². The van der Waals surface area contributed by atoms with Crippen molar-refractivity contribution in [2.75, 3.05) is 11.5 Å². The Kier molecular flexibility index (Phi) is 3.24. The number of nitrogen functional groups attached to an aromatic ring is 2. The first-order valence-corrected chi connectivity index (χ1v) is 8.21. The van der Waals surface area contributed by atoms with Crippen molar-refractivity contribution in [2.45, 2.75) is 0 Å². The molecule has 0 amide bonds. The fourth-order valence-electron chi connectivity index (χ4n) is 3.17. The van der Waals surface area contributed by atoms with Crippen LogP contribution in [0.1, 0.15) is 0 Å². The summed E-state index contributed by atoms with van der Waals surface area (Å²) in [7, 11) is 0. The van der Waals surface area contributed by atoms with Crippen LogP contribution in [0.5, 0.6) is 0 Å². The Bertz CT molecular complexity index is 1050. The van der Waals surface area contributed by atoms with Gasteiger partial charge in [0.2, 0.25) is 0 Å². The number of anilines is 2. The van der Waals surface area contributed by atoms with E-state index in [9.17, 15) is 0 Å². The molecule has 4 rings (SSSR count). The third kappa shape index (κ3) is 2.08. The molecule has 3 heteroatoms. The van der Waals surface area contributed by atoms with Crippen molar-refractivity contribution >= 4 is 48.8 Å². The molecule has 0 fully saturated rings. The lowest BCUT2D eigenvalue weighted by Crippen LogP contribution is -2.00. The summed E-state index contributed by atoms with van der Waals surface area (Å²) in [5.41, 5.74) is 16.0. The van der Waals surface area contributed by atoms with Gasteiger partial charge in [0.25, 0.3) is 0 Å². The van der Waals surface area contributed by atoms with Crippen LogP contribution in [0.4, 0.5) is 11.4 Å². The number of rotatable bonds is 1. The standard InChI is InChI=1S/C20H15BrN2/c21-18-16-10-4-3-9-15(16)17(19(22)20(18)23)14-11-5-7-12-6-1-2-8-13(12)14/h1-11H,22-23H2. The summed E-state index contributed by atoms with van der Waals surface area (Å²) in [6.07, 6.45) is 0. The predicted octanol–water partition coefficient (Wildman–Crippen LogP) is 5.59. The van der Waals surface area contributed by atoms with Crippen molar-refractivity contribution in [3.8, 4) is 11.1 Å². The van der Waals surface area contributed by atoms with Crippen LogP contribution in [0.25, 0.3) is 32.7 Å². The second-order valence-corrected chi connectivity index (χ2v) is 6.38. The Morgan fingerprint density at radius 2 is 1.22 bits per heavy atom. The third-order valence-corrected chi connectivity index (χ3v) is 5.14. The first kappa shape index (κ1) is 14.1. The van der Waals surface area contributed by atoms with Gasteiger partial charge in [0.05, 0.1) is 15.8 Å². The van der Waals surface area contributed by atoms with E-state index < -0.39 is 0 Å². The van der Waals surface area contributed by atoms with Gasteiger partial charge in [-0.3, -0.25) is 0 Å². The molecular formula is C20H15BrN2. The molecule has 0 aliphatic rings. The van der Waals surface area contributed by atoms with Crippen LogP contribution in [-0.4, -0.2) is 0 Å². The Balaban J connectivity index is 2.21. The van der Waals surface area contributed by atoms with E-state index in [0.29, 0.717) is 11.4 Å². The molecular weight excluding hydrogens is 348 g/mol. The smallest absolute Gasteiger partial charge is 0.0705 e. The molecule has 4 aromatic carbocycles. The molecule has 0 atom stereocenters. The van der Waals surface area contributed by atoms with Crippen LogP contribution in [0, 0.1) is 0 Å². The lowest BCUT2D eigenvalue weighted by molar-refractivity contribution is 1.64. The normalized spacial score (nSPS) is 11.2. The van der Waals surface area contributed by atoms with Crippen LogP contribution >= 0.6 is 15.9 Å². The summed E-state index contributed by atoms with van der Waals surface area (Å²) in [4.78, 5) is 0. The number of hydrogen-bond acceptors (Lipinski definition) is 2. The van der Waals surface area contributed by atoms with Crippen molar-refractivity contribution < 1.29 is 0 Å². The Labute approximate surface area is 142 Å². The predicted molar refractivity (Wildman–Crippen MR) is 103 cm³/mol. The molecule has 0 aliphatic heterocycles. The van der Waals surface area contributed by atoms with Gasteiger partial charge < -0.3 is 11.5 Å². The summed E-state index contributed by atoms with van der Waals surface area (Å²) in [5.74, 6) is 0. The minimum atomic E-state index is 0.589. The van der Waals surface area contributed by atoms with Gasteiger partial charge in [-0.05, 0) is 43.0 Å². The van der Waals surface area contributed by atoms with E-state index in [1.165, 1.54) is 10.8 Å². The van der Waals surface area contributed by atoms with Gasteiger partial charge in [0.1, 0.15) is 0 Å². The number of benzene rings is 4. The van der Waals surface area contributed by atoms with Crippen molar-refractivity contribution in [1.82, 2.24) is 0 Å². The maximum Gasteiger partial charge on any atom is 0.0705 e. The van der Waals surface area contributed by atoms with E-state index in [1.54, 1.807) is 0 Å². The highest BCUT2D eigenvalue weighted by molar-refractivity contribution is 9.10. The van der Waals surface area contributed by atoms with Gasteiger partial charge in [-0.1, -0.05) is 66.7 Å². The molecule has 0 heterocycles. The molecule has 0 aromatic heterocycles. The average Bonchev–Trinajstić information content (AvgIpc) is 2.60. The summed E-state index contributed by atoms with van der Waals surface area (Å²) in [6.45, 7) is 0. The van der Waals surface area contributed by atoms with Crippen LogP contribution in [0.15, 0.2) is 71.2 Å². The van der Waals surface area contributed by atoms with Gasteiger partial charge in [-0.15, -0.1) is 0 Å². The van der Waals surface area contributed by atoms with Crippen molar-refractivity contribution in [3.63, 3.8) is 0 Å². The monoisotopic (exact) mass is 362 g/mol. The highest BCUT2D eigenvalue weighted by Crippen LogP contribution is 2.44. The van der Waals surface area contributed by atoms with Gasteiger partial charge >= 0.3 is 0 Å². The van der Waals surface area contributed by atoms with Crippen molar-refractivity contribution in [3.05, 3.63) is 71.2 Å². The number of hydrogen-bond donors (Lipinski definition) is 2. The lowest BCUT2D eigenvalue weighted by Gasteiger charge is -2.17. The maximum atomic E-state index is 6.42. The molecule has 0 spiro atoms. The van der Waals surface area contributed by atoms with E-state index in [-0.39, 0.29) is 0 Å². The molecule has 4 aromatic rings. The zero-order valence-electron chi connectivity index (χ0n) is 12.4. The third-order valence-electron chi connectivity index (χ3n) is 4.29. The quantitative estimate of drug-likeness (QED) is 0.433. The molecule has 2 nitrogen and oxygen atoms in total. The van der Waals surface area contributed by atoms with Crippen molar-refractivity contribution in [1.29, 1.82) is 0 Å². The second-order valence-electron chi connectivity index (χ2n) is 5.59. The van der Waals surface area contributed by atoms with Crippen LogP contribution in [0.2, 0.25) is 0 Å². The summed E-state index contributed by atoms with van der Waals surface area (Å²) in [6, 6.07) is 22.8. The van der Waals surface area contributed by atoms with Gasteiger partial charge in [-0.2, -0.15) is 0 Å². The summed E-state index contributed by atoms with van der Waals surface area (Å²) >= 11 is 3.58. The number of nitrogens with two attached hydrogens (primary N) is 2. The molecule has 0 unspecified atom stereocenters. The molecule has 0 saturated heterocycles.